The number of anilines is 1. The van der Waals surface area contributed by atoms with Crippen molar-refractivity contribution in [1.29, 1.82) is 0 Å². The van der Waals surface area contributed by atoms with E-state index in [4.69, 9.17) is 10.8 Å². The zero-order chi connectivity index (χ0) is 13.5. The largest absolute Gasteiger partial charge is 0.400 e. The highest BCUT2D eigenvalue weighted by Gasteiger charge is 2.04. The zero-order valence-corrected chi connectivity index (χ0v) is 10.6. The van der Waals surface area contributed by atoms with Crippen LogP contribution in [0.25, 0.3) is 10.9 Å². The van der Waals surface area contributed by atoms with Crippen molar-refractivity contribution in [3.8, 4) is 0 Å². The smallest absolute Gasteiger partial charge is 0.124 e. The number of aromatic nitrogens is 1. The van der Waals surface area contributed by atoms with Crippen LogP contribution in [-0.2, 0) is 13.2 Å². The maximum absolute atomic E-state index is 9.24. The van der Waals surface area contributed by atoms with Gasteiger partial charge in [-0.3, -0.25) is 0 Å². The second kappa shape index (κ2) is 6.90. The van der Waals surface area contributed by atoms with Gasteiger partial charge in [0.1, 0.15) is 5.82 Å². The first-order valence-corrected chi connectivity index (χ1v) is 5.63. The SMILES string of the molecule is CNCc1ccc2c(CO)cc(N)nc2c1.CO. The van der Waals surface area contributed by atoms with Crippen LogP contribution < -0.4 is 11.1 Å². The van der Waals surface area contributed by atoms with Gasteiger partial charge in [-0.25, -0.2) is 4.98 Å². The number of rotatable bonds is 3. The first kappa shape index (κ1) is 14.4. The van der Waals surface area contributed by atoms with Crippen LogP contribution in [0.5, 0.6) is 0 Å². The van der Waals surface area contributed by atoms with Gasteiger partial charge in [0.2, 0.25) is 0 Å². The summed E-state index contributed by atoms with van der Waals surface area (Å²) in [5.74, 6) is 0.443. The monoisotopic (exact) mass is 249 g/mol. The summed E-state index contributed by atoms with van der Waals surface area (Å²) in [6.07, 6.45) is 0. The van der Waals surface area contributed by atoms with E-state index in [0.717, 1.165) is 35.7 Å². The molecule has 1 aromatic heterocycles. The Morgan fingerprint density at radius 3 is 2.61 bits per heavy atom. The van der Waals surface area contributed by atoms with Gasteiger partial charge in [-0.1, -0.05) is 12.1 Å². The van der Waals surface area contributed by atoms with Crippen molar-refractivity contribution in [3.63, 3.8) is 0 Å². The van der Waals surface area contributed by atoms with Gasteiger partial charge in [0, 0.05) is 19.0 Å². The van der Waals surface area contributed by atoms with E-state index in [2.05, 4.69) is 10.3 Å². The molecule has 5 heteroatoms. The molecular formula is C13H19N3O2. The van der Waals surface area contributed by atoms with Crippen molar-refractivity contribution in [2.75, 3.05) is 19.9 Å². The Hall–Kier alpha value is -1.69. The number of pyridine rings is 1. The molecule has 5 N–H and O–H groups in total. The van der Waals surface area contributed by atoms with Crippen LogP contribution >= 0.6 is 0 Å². The number of hydrogen-bond donors (Lipinski definition) is 4. The Balaban J connectivity index is 0.000000771. The third kappa shape index (κ3) is 3.16. The van der Waals surface area contributed by atoms with E-state index >= 15 is 0 Å². The van der Waals surface area contributed by atoms with E-state index in [1.807, 2.05) is 25.2 Å². The summed E-state index contributed by atoms with van der Waals surface area (Å²) in [5, 5.41) is 20.3. The van der Waals surface area contributed by atoms with Gasteiger partial charge in [0.15, 0.2) is 0 Å². The summed E-state index contributed by atoms with van der Waals surface area (Å²) >= 11 is 0. The fraction of sp³-hybridized carbons (Fsp3) is 0.308. The number of nitrogens with one attached hydrogen (secondary N) is 1. The van der Waals surface area contributed by atoms with E-state index in [0.29, 0.717) is 5.82 Å². The lowest BCUT2D eigenvalue weighted by molar-refractivity contribution is 0.283. The number of aliphatic hydroxyl groups is 2. The topological polar surface area (TPSA) is 91.4 Å². The molecule has 0 aliphatic heterocycles. The number of fused-ring (bicyclic) bond motifs is 1. The number of nitrogens with two attached hydrogens (primary N) is 1. The van der Waals surface area contributed by atoms with Gasteiger partial charge in [-0.2, -0.15) is 0 Å². The molecule has 0 aliphatic rings. The summed E-state index contributed by atoms with van der Waals surface area (Å²) in [5.41, 5.74) is 8.48. The van der Waals surface area contributed by atoms with Crippen LogP contribution in [0, 0.1) is 0 Å². The van der Waals surface area contributed by atoms with Gasteiger partial charge in [0.25, 0.3) is 0 Å². The van der Waals surface area contributed by atoms with E-state index < -0.39 is 0 Å². The van der Waals surface area contributed by atoms with Gasteiger partial charge in [0.05, 0.1) is 12.1 Å². The van der Waals surface area contributed by atoms with Crippen molar-refractivity contribution in [2.24, 2.45) is 0 Å². The maximum Gasteiger partial charge on any atom is 0.124 e. The van der Waals surface area contributed by atoms with Gasteiger partial charge in [-0.05, 0) is 30.3 Å². The van der Waals surface area contributed by atoms with Crippen LogP contribution in [0.1, 0.15) is 11.1 Å². The van der Waals surface area contributed by atoms with Crippen molar-refractivity contribution >= 4 is 16.7 Å². The number of nitrogens with zero attached hydrogens (tertiary/aromatic N) is 1. The molecule has 0 unspecified atom stereocenters. The second-order valence-corrected chi connectivity index (χ2v) is 3.75. The number of aliphatic hydroxyl groups excluding tert-OH is 2. The number of hydrogen-bond acceptors (Lipinski definition) is 5. The predicted molar refractivity (Wildman–Crippen MR) is 73.0 cm³/mol. The second-order valence-electron chi connectivity index (χ2n) is 3.75. The average molecular weight is 249 g/mol. The van der Waals surface area contributed by atoms with Crippen LogP contribution in [0.15, 0.2) is 24.3 Å². The maximum atomic E-state index is 9.24. The fourth-order valence-electron chi connectivity index (χ4n) is 1.81. The van der Waals surface area contributed by atoms with Gasteiger partial charge >= 0.3 is 0 Å². The molecule has 0 spiro atoms. The summed E-state index contributed by atoms with van der Waals surface area (Å²) in [6.45, 7) is 0.773. The van der Waals surface area contributed by atoms with Crippen molar-refractivity contribution < 1.29 is 10.2 Å². The van der Waals surface area contributed by atoms with E-state index in [9.17, 15) is 5.11 Å². The van der Waals surface area contributed by atoms with Gasteiger partial charge in [-0.15, -0.1) is 0 Å². The third-order valence-corrected chi connectivity index (χ3v) is 2.53. The van der Waals surface area contributed by atoms with Gasteiger partial charge < -0.3 is 21.3 Å². The molecule has 0 saturated heterocycles. The molecule has 5 nitrogen and oxygen atoms in total. The minimum Gasteiger partial charge on any atom is -0.400 e. The third-order valence-electron chi connectivity index (χ3n) is 2.53. The Morgan fingerprint density at radius 2 is 2.00 bits per heavy atom. The molecular weight excluding hydrogens is 230 g/mol. The van der Waals surface area contributed by atoms with Crippen LogP contribution in [0.2, 0.25) is 0 Å². The Bertz CT molecular complexity index is 515. The molecule has 2 rings (SSSR count). The lowest BCUT2D eigenvalue weighted by atomic mass is 10.1. The normalized spacial score (nSPS) is 10.0. The average Bonchev–Trinajstić information content (AvgIpc) is 2.40. The first-order chi connectivity index (χ1) is 8.74. The van der Waals surface area contributed by atoms with Crippen molar-refractivity contribution in [3.05, 3.63) is 35.4 Å². The molecule has 0 amide bonds. The molecule has 0 atom stereocenters. The molecule has 0 saturated carbocycles. The highest BCUT2D eigenvalue weighted by molar-refractivity contribution is 5.84. The highest BCUT2D eigenvalue weighted by atomic mass is 16.3. The molecule has 18 heavy (non-hydrogen) atoms. The fourth-order valence-corrected chi connectivity index (χ4v) is 1.81. The van der Waals surface area contributed by atoms with E-state index in [-0.39, 0.29) is 6.61 Å². The minimum absolute atomic E-state index is 0.0193. The zero-order valence-electron chi connectivity index (χ0n) is 10.6. The molecule has 1 heterocycles. The predicted octanol–water partition coefficient (Wildman–Crippen LogP) is 0.637. The minimum atomic E-state index is -0.0193. The number of benzene rings is 1. The van der Waals surface area contributed by atoms with E-state index in [1.165, 1.54) is 0 Å². The summed E-state index contributed by atoms with van der Waals surface area (Å²) in [7, 11) is 2.90. The van der Waals surface area contributed by atoms with E-state index in [1.54, 1.807) is 6.07 Å². The highest BCUT2D eigenvalue weighted by Crippen LogP contribution is 2.21. The molecule has 0 aliphatic carbocycles. The lowest BCUT2D eigenvalue weighted by Crippen LogP contribution is -2.05. The molecule has 0 fully saturated rings. The molecule has 2 aromatic rings. The quantitative estimate of drug-likeness (QED) is 0.640. The Kier molecular flexibility index (Phi) is 5.51. The standard InChI is InChI=1S/C12H15N3O.CH4O/c1-14-6-8-2-3-10-9(7-16)5-12(13)15-11(10)4-8;1-2/h2-5,14,16H,6-7H2,1H3,(H2,13,15);2H,1H3. The molecule has 0 radical (unpaired) electrons. The Labute approximate surface area is 106 Å². The number of nitrogen functional groups attached to an aromatic ring is 1. The van der Waals surface area contributed by atoms with Crippen LogP contribution in [-0.4, -0.2) is 29.4 Å². The Morgan fingerprint density at radius 1 is 1.28 bits per heavy atom. The van der Waals surface area contributed by atoms with Crippen LogP contribution in [0.4, 0.5) is 5.82 Å². The summed E-state index contributed by atoms with van der Waals surface area (Å²) in [6, 6.07) is 7.69. The lowest BCUT2D eigenvalue weighted by Gasteiger charge is -2.07. The van der Waals surface area contributed by atoms with Crippen molar-refractivity contribution in [1.82, 2.24) is 10.3 Å². The first-order valence-electron chi connectivity index (χ1n) is 5.63. The molecule has 98 valence electrons. The molecule has 1 aromatic carbocycles. The summed E-state index contributed by atoms with van der Waals surface area (Å²) < 4.78 is 0. The van der Waals surface area contributed by atoms with Crippen LogP contribution in [0.3, 0.4) is 0 Å². The summed E-state index contributed by atoms with van der Waals surface area (Å²) in [4.78, 5) is 4.27. The van der Waals surface area contributed by atoms with Crippen molar-refractivity contribution in [2.45, 2.75) is 13.2 Å². The molecule has 0 bridgehead atoms.